The maximum atomic E-state index is 11.7. The van der Waals surface area contributed by atoms with Crippen molar-refractivity contribution in [2.75, 3.05) is 11.4 Å². The van der Waals surface area contributed by atoms with Gasteiger partial charge in [0.15, 0.2) is 5.82 Å². The third-order valence-electron chi connectivity index (χ3n) is 3.41. The summed E-state index contributed by atoms with van der Waals surface area (Å²) in [7, 11) is 0. The Labute approximate surface area is 127 Å². The topological polar surface area (TPSA) is 49.0 Å². The van der Waals surface area contributed by atoms with Crippen LogP contribution in [0.1, 0.15) is 6.92 Å². The van der Waals surface area contributed by atoms with Gasteiger partial charge in [-0.15, -0.1) is 0 Å². The molecule has 0 aliphatic rings. The average molecular weight is 300 g/mol. The molecule has 0 fully saturated rings. The summed E-state index contributed by atoms with van der Waals surface area (Å²) < 4.78 is 0. The molecule has 0 amide bonds. The van der Waals surface area contributed by atoms with Gasteiger partial charge in [0.25, 0.3) is 5.56 Å². The number of fused-ring (bicyclic) bond motifs is 1. The number of H-pyrrole nitrogens is 1. The Kier molecular flexibility index (Phi) is 3.62. The fourth-order valence-corrected chi connectivity index (χ4v) is 2.65. The molecule has 0 spiro atoms. The molecule has 5 heteroatoms. The fraction of sp³-hybridized carbons (Fsp3) is 0.125. The Balaban J connectivity index is 2.24. The Morgan fingerprint density at radius 2 is 1.95 bits per heavy atom. The highest BCUT2D eigenvalue weighted by Gasteiger charge is 2.16. The lowest BCUT2D eigenvalue weighted by molar-refractivity contribution is 0.972. The summed E-state index contributed by atoms with van der Waals surface area (Å²) >= 11 is 6.12. The summed E-state index contributed by atoms with van der Waals surface area (Å²) in [5.74, 6) is 0.472. The molecule has 0 unspecified atom stereocenters. The summed E-state index contributed by atoms with van der Waals surface area (Å²) in [6.07, 6.45) is 1.37. The number of anilines is 2. The third kappa shape index (κ3) is 2.38. The number of halogens is 1. The number of benzene rings is 2. The van der Waals surface area contributed by atoms with Crippen molar-refractivity contribution in [3.63, 3.8) is 0 Å². The normalized spacial score (nSPS) is 10.8. The molecule has 106 valence electrons. The number of aromatic nitrogens is 2. The van der Waals surface area contributed by atoms with Crippen LogP contribution in [0.4, 0.5) is 11.5 Å². The molecule has 0 saturated carbocycles. The minimum Gasteiger partial charge on any atom is -0.325 e. The summed E-state index contributed by atoms with van der Waals surface area (Å²) in [6, 6.07) is 14.1. The zero-order chi connectivity index (χ0) is 14.8. The highest BCUT2D eigenvalue weighted by atomic mass is 35.5. The van der Waals surface area contributed by atoms with E-state index in [0.29, 0.717) is 12.4 Å². The first-order valence-corrected chi connectivity index (χ1v) is 7.08. The van der Waals surface area contributed by atoms with Crippen molar-refractivity contribution in [3.05, 3.63) is 64.2 Å². The van der Waals surface area contributed by atoms with Gasteiger partial charge in [-0.1, -0.05) is 48.0 Å². The third-order valence-corrected chi connectivity index (χ3v) is 3.75. The smallest absolute Gasteiger partial charge is 0.271 e. The Morgan fingerprint density at radius 3 is 2.76 bits per heavy atom. The molecule has 0 aliphatic heterocycles. The van der Waals surface area contributed by atoms with E-state index in [1.165, 1.54) is 6.33 Å². The van der Waals surface area contributed by atoms with E-state index in [-0.39, 0.29) is 10.6 Å². The van der Waals surface area contributed by atoms with Crippen molar-refractivity contribution in [1.82, 2.24) is 9.97 Å². The summed E-state index contributed by atoms with van der Waals surface area (Å²) in [5.41, 5.74) is 0.649. The Bertz CT molecular complexity index is 839. The SMILES string of the molecule is CCN(c1nc[nH]c(=O)c1Cl)c1cccc2ccccc12. The van der Waals surface area contributed by atoms with Gasteiger partial charge in [0.2, 0.25) is 0 Å². The molecular weight excluding hydrogens is 286 g/mol. The molecule has 1 aromatic heterocycles. The molecule has 21 heavy (non-hydrogen) atoms. The van der Waals surface area contributed by atoms with Crippen molar-refractivity contribution >= 4 is 33.9 Å². The van der Waals surface area contributed by atoms with Gasteiger partial charge in [0, 0.05) is 11.9 Å². The molecule has 0 saturated heterocycles. The van der Waals surface area contributed by atoms with Crippen LogP contribution in [-0.4, -0.2) is 16.5 Å². The predicted octanol–water partition coefficient (Wildman–Crippen LogP) is 3.73. The largest absolute Gasteiger partial charge is 0.325 e. The van der Waals surface area contributed by atoms with Crippen LogP contribution in [0, 0.1) is 0 Å². The predicted molar refractivity (Wildman–Crippen MR) is 86.5 cm³/mol. The van der Waals surface area contributed by atoms with Gasteiger partial charge in [-0.05, 0) is 18.4 Å². The quantitative estimate of drug-likeness (QED) is 0.801. The minimum atomic E-state index is -0.333. The Morgan fingerprint density at radius 1 is 1.19 bits per heavy atom. The first-order chi connectivity index (χ1) is 10.2. The lowest BCUT2D eigenvalue weighted by atomic mass is 10.1. The van der Waals surface area contributed by atoms with Crippen LogP contribution < -0.4 is 10.5 Å². The van der Waals surface area contributed by atoms with E-state index in [0.717, 1.165) is 16.5 Å². The molecule has 1 heterocycles. The molecule has 1 N–H and O–H groups in total. The van der Waals surface area contributed by atoms with Crippen molar-refractivity contribution in [2.24, 2.45) is 0 Å². The van der Waals surface area contributed by atoms with E-state index in [4.69, 9.17) is 11.6 Å². The highest BCUT2D eigenvalue weighted by molar-refractivity contribution is 6.32. The minimum absolute atomic E-state index is 0.104. The molecule has 0 atom stereocenters. The van der Waals surface area contributed by atoms with Crippen LogP contribution in [0.3, 0.4) is 0 Å². The van der Waals surface area contributed by atoms with Gasteiger partial charge >= 0.3 is 0 Å². The molecule has 4 nitrogen and oxygen atoms in total. The van der Waals surface area contributed by atoms with Crippen LogP contribution in [0.25, 0.3) is 10.8 Å². The summed E-state index contributed by atoms with van der Waals surface area (Å²) in [5, 5.41) is 2.33. The van der Waals surface area contributed by atoms with Crippen LogP contribution >= 0.6 is 11.6 Å². The van der Waals surface area contributed by atoms with Crippen molar-refractivity contribution in [1.29, 1.82) is 0 Å². The molecule has 3 rings (SSSR count). The summed E-state index contributed by atoms with van der Waals surface area (Å²) in [4.78, 5) is 20.4. The monoisotopic (exact) mass is 299 g/mol. The maximum absolute atomic E-state index is 11.7. The van der Waals surface area contributed by atoms with E-state index in [2.05, 4.69) is 28.2 Å². The molecule has 0 aliphatic carbocycles. The second-order valence-corrected chi connectivity index (χ2v) is 4.99. The molecule has 2 aromatic carbocycles. The van der Waals surface area contributed by atoms with Crippen LogP contribution in [0.2, 0.25) is 5.02 Å². The lowest BCUT2D eigenvalue weighted by Gasteiger charge is -2.24. The molecule has 0 bridgehead atoms. The second kappa shape index (κ2) is 5.58. The van der Waals surface area contributed by atoms with Gasteiger partial charge in [-0.25, -0.2) is 4.98 Å². The van der Waals surface area contributed by atoms with E-state index >= 15 is 0 Å². The van der Waals surface area contributed by atoms with Gasteiger partial charge in [0.05, 0.1) is 12.0 Å². The van der Waals surface area contributed by atoms with Gasteiger partial charge in [-0.2, -0.15) is 0 Å². The second-order valence-electron chi connectivity index (χ2n) is 4.61. The molecular formula is C16H14ClN3O. The van der Waals surface area contributed by atoms with E-state index < -0.39 is 0 Å². The van der Waals surface area contributed by atoms with Crippen molar-refractivity contribution < 1.29 is 0 Å². The number of nitrogens with zero attached hydrogens (tertiary/aromatic N) is 2. The zero-order valence-electron chi connectivity index (χ0n) is 11.5. The summed E-state index contributed by atoms with van der Waals surface area (Å²) in [6.45, 7) is 2.66. The number of rotatable bonds is 3. The van der Waals surface area contributed by atoms with Gasteiger partial charge in [0.1, 0.15) is 5.02 Å². The number of aromatic amines is 1. The maximum Gasteiger partial charge on any atom is 0.271 e. The molecule has 3 aromatic rings. The standard InChI is InChI=1S/C16H14ClN3O/c1-2-20(15-14(17)16(21)19-10-18-15)13-9-5-7-11-6-3-4-8-12(11)13/h3-10H,2H2,1H3,(H,18,19,21). The lowest BCUT2D eigenvalue weighted by Crippen LogP contribution is -2.21. The van der Waals surface area contributed by atoms with Crippen LogP contribution in [0.5, 0.6) is 0 Å². The van der Waals surface area contributed by atoms with Gasteiger partial charge < -0.3 is 9.88 Å². The van der Waals surface area contributed by atoms with E-state index in [9.17, 15) is 4.79 Å². The fourth-order valence-electron chi connectivity index (χ4n) is 2.44. The Hall–Kier alpha value is -2.33. The first kappa shape index (κ1) is 13.6. The van der Waals surface area contributed by atoms with Crippen molar-refractivity contribution in [2.45, 2.75) is 6.92 Å². The van der Waals surface area contributed by atoms with Crippen LogP contribution in [-0.2, 0) is 0 Å². The van der Waals surface area contributed by atoms with E-state index in [1.807, 2.05) is 36.1 Å². The number of hydrogen-bond donors (Lipinski definition) is 1. The average Bonchev–Trinajstić information content (AvgIpc) is 2.52. The van der Waals surface area contributed by atoms with Crippen molar-refractivity contribution in [3.8, 4) is 0 Å². The number of hydrogen-bond acceptors (Lipinski definition) is 3. The van der Waals surface area contributed by atoms with E-state index in [1.54, 1.807) is 0 Å². The zero-order valence-corrected chi connectivity index (χ0v) is 12.3. The first-order valence-electron chi connectivity index (χ1n) is 6.71. The van der Waals surface area contributed by atoms with Crippen LogP contribution in [0.15, 0.2) is 53.6 Å². The highest BCUT2D eigenvalue weighted by Crippen LogP contribution is 2.32. The van der Waals surface area contributed by atoms with Gasteiger partial charge in [-0.3, -0.25) is 4.79 Å². The number of nitrogens with one attached hydrogen (secondary N) is 1. The molecule has 0 radical (unpaired) electrons.